The van der Waals surface area contributed by atoms with Crippen molar-refractivity contribution in [1.82, 2.24) is 9.80 Å². The molecule has 3 aromatic carbocycles. The number of anilines is 1. The quantitative estimate of drug-likeness (QED) is 0.405. The van der Waals surface area contributed by atoms with Gasteiger partial charge in [0.25, 0.3) is 10.0 Å². The van der Waals surface area contributed by atoms with Gasteiger partial charge in [-0.1, -0.05) is 77.8 Å². The first kappa shape index (κ1) is 26.9. The van der Waals surface area contributed by atoms with Crippen LogP contribution in [0, 0.1) is 13.8 Å². The van der Waals surface area contributed by atoms with E-state index in [9.17, 15) is 13.2 Å². The Balaban J connectivity index is 1.46. The van der Waals surface area contributed by atoms with E-state index in [0.29, 0.717) is 23.8 Å². The van der Waals surface area contributed by atoms with E-state index in [-0.39, 0.29) is 17.3 Å². The number of aryl methyl sites for hydroxylation is 2. The number of halogens is 1. The molecule has 0 aliphatic carbocycles. The van der Waals surface area contributed by atoms with Crippen LogP contribution in [0.5, 0.6) is 0 Å². The highest BCUT2D eigenvalue weighted by Gasteiger charge is 2.31. The summed E-state index contributed by atoms with van der Waals surface area (Å²) < 4.78 is 28.6. The predicted octanol–water partition coefficient (Wildman–Crippen LogP) is 5.01. The Morgan fingerprint density at radius 3 is 2.30 bits per heavy atom. The van der Waals surface area contributed by atoms with E-state index in [2.05, 4.69) is 29.2 Å². The minimum atomic E-state index is -3.99. The average molecular weight is 538 g/mol. The smallest absolute Gasteiger partial charge is 0.264 e. The van der Waals surface area contributed by atoms with E-state index in [1.54, 1.807) is 47.4 Å². The van der Waals surface area contributed by atoms with Crippen molar-refractivity contribution < 1.29 is 13.2 Å². The van der Waals surface area contributed by atoms with Crippen molar-refractivity contribution in [2.45, 2.75) is 18.7 Å². The summed E-state index contributed by atoms with van der Waals surface area (Å²) in [4.78, 5) is 17.5. The first-order valence-corrected chi connectivity index (χ1v) is 14.1. The number of benzene rings is 3. The number of hydrogen-bond donors (Lipinski definition) is 0. The summed E-state index contributed by atoms with van der Waals surface area (Å²) in [6.45, 7) is 6.77. The molecule has 1 aliphatic heterocycles. The monoisotopic (exact) mass is 537 g/mol. The zero-order chi connectivity index (χ0) is 26.4. The fourth-order valence-corrected chi connectivity index (χ4v) is 5.93. The van der Waals surface area contributed by atoms with E-state index >= 15 is 0 Å². The van der Waals surface area contributed by atoms with Gasteiger partial charge < -0.3 is 4.90 Å². The number of nitrogens with zero attached hydrogens (tertiary/aromatic N) is 3. The second kappa shape index (κ2) is 11.9. The Labute approximate surface area is 224 Å². The summed E-state index contributed by atoms with van der Waals surface area (Å²) in [6.07, 6.45) is 4.23. The third-order valence-electron chi connectivity index (χ3n) is 6.53. The molecule has 1 fully saturated rings. The van der Waals surface area contributed by atoms with Crippen LogP contribution in [-0.2, 0) is 14.8 Å². The highest BCUT2D eigenvalue weighted by atomic mass is 35.5. The standard InChI is InChI=1S/C29H32ClN3O3S/c1-23-10-14-27(15-11-23)37(35,36)33(28-21-26(30)13-12-24(28)2)22-29(34)32-19-17-31(18-20-32)16-6-9-25-7-4-3-5-8-25/h3-15,21H,16-20,22H2,1-2H3/b9-6+. The maximum absolute atomic E-state index is 13.7. The molecule has 37 heavy (non-hydrogen) atoms. The van der Waals surface area contributed by atoms with Crippen LogP contribution in [0.4, 0.5) is 5.69 Å². The second-order valence-electron chi connectivity index (χ2n) is 9.25. The summed E-state index contributed by atoms with van der Waals surface area (Å²) in [6, 6.07) is 21.9. The van der Waals surface area contributed by atoms with Crippen molar-refractivity contribution in [2.75, 3.05) is 43.6 Å². The number of carbonyl (C=O) groups excluding carboxylic acids is 1. The minimum absolute atomic E-state index is 0.139. The molecule has 0 atom stereocenters. The molecule has 0 bridgehead atoms. The summed E-state index contributed by atoms with van der Waals surface area (Å²) in [7, 11) is -3.99. The van der Waals surface area contributed by atoms with Gasteiger partial charge >= 0.3 is 0 Å². The first-order chi connectivity index (χ1) is 17.7. The Kier molecular flexibility index (Phi) is 8.69. The summed E-state index contributed by atoms with van der Waals surface area (Å²) in [5.41, 5.74) is 3.24. The number of amides is 1. The van der Waals surface area contributed by atoms with Crippen LogP contribution in [0.3, 0.4) is 0 Å². The maximum atomic E-state index is 13.7. The summed E-state index contributed by atoms with van der Waals surface area (Å²) in [5, 5.41) is 0.411. The molecule has 3 aromatic rings. The van der Waals surface area contributed by atoms with Crippen molar-refractivity contribution in [3.05, 3.63) is 101 Å². The lowest BCUT2D eigenvalue weighted by atomic mass is 10.2. The molecular formula is C29H32ClN3O3S. The van der Waals surface area contributed by atoms with Gasteiger partial charge in [0.1, 0.15) is 6.54 Å². The highest BCUT2D eigenvalue weighted by Crippen LogP contribution is 2.30. The normalized spacial score (nSPS) is 14.7. The molecule has 0 N–H and O–H groups in total. The van der Waals surface area contributed by atoms with E-state index < -0.39 is 10.0 Å². The van der Waals surface area contributed by atoms with Gasteiger partial charge in [-0.05, 0) is 49.2 Å². The van der Waals surface area contributed by atoms with Gasteiger partial charge in [0.15, 0.2) is 0 Å². The van der Waals surface area contributed by atoms with Gasteiger partial charge in [0.2, 0.25) is 5.91 Å². The molecule has 0 radical (unpaired) electrons. The van der Waals surface area contributed by atoms with Crippen molar-refractivity contribution >= 4 is 39.3 Å². The first-order valence-electron chi connectivity index (χ1n) is 12.3. The van der Waals surface area contributed by atoms with Crippen LogP contribution in [0.1, 0.15) is 16.7 Å². The average Bonchev–Trinajstić information content (AvgIpc) is 2.90. The van der Waals surface area contributed by atoms with Crippen LogP contribution in [0.2, 0.25) is 5.02 Å². The highest BCUT2D eigenvalue weighted by molar-refractivity contribution is 7.92. The Morgan fingerprint density at radius 2 is 1.62 bits per heavy atom. The van der Waals surface area contributed by atoms with Crippen molar-refractivity contribution in [3.8, 4) is 0 Å². The van der Waals surface area contributed by atoms with Crippen molar-refractivity contribution in [3.63, 3.8) is 0 Å². The predicted molar refractivity (Wildman–Crippen MR) is 150 cm³/mol. The number of sulfonamides is 1. The van der Waals surface area contributed by atoms with Crippen LogP contribution in [-0.4, -0.2) is 63.4 Å². The zero-order valence-corrected chi connectivity index (χ0v) is 22.8. The van der Waals surface area contributed by atoms with Crippen molar-refractivity contribution in [1.29, 1.82) is 0 Å². The Bertz CT molecular complexity index is 1350. The van der Waals surface area contributed by atoms with Gasteiger partial charge in [-0.3, -0.25) is 14.0 Å². The van der Waals surface area contributed by atoms with Crippen LogP contribution in [0.15, 0.2) is 83.8 Å². The molecule has 1 amide bonds. The lowest BCUT2D eigenvalue weighted by molar-refractivity contribution is -0.131. The van der Waals surface area contributed by atoms with Crippen LogP contribution in [0.25, 0.3) is 6.08 Å². The SMILES string of the molecule is Cc1ccc(S(=O)(=O)N(CC(=O)N2CCN(C/C=C/c3ccccc3)CC2)c2cc(Cl)ccc2C)cc1. The molecule has 6 nitrogen and oxygen atoms in total. The molecule has 4 rings (SSSR count). The zero-order valence-electron chi connectivity index (χ0n) is 21.2. The molecular weight excluding hydrogens is 506 g/mol. The van der Waals surface area contributed by atoms with Gasteiger partial charge in [-0.15, -0.1) is 0 Å². The van der Waals surface area contributed by atoms with Gasteiger partial charge in [-0.25, -0.2) is 8.42 Å². The Hall–Kier alpha value is -3.13. The number of rotatable bonds is 8. The number of carbonyl (C=O) groups is 1. The topological polar surface area (TPSA) is 60.9 Å². The lowest BCUT2D eigenvalue weighted by Crippen LogP contribution is -2.51. The maximum Gasteiger partial charge on any atom is 0.264 e. The largest absolute Gasteiger partial charge is 0.339 e. The molecule has 0 spiro atoms. The third kappa shape index (κ3) is 6.80. The Morgan fingerprint density at radius 1 is 0.946 bits per heavy atom. The lowest BCUT2D eigenvalue weighted by Gasteiger charge is -2.35. The van der Waals surface area contributed by atoms with E-state index in [1.165, 1.54) is 4.31 Å². The molecule has 194 valence electrons. The van der Waals surface area contributed by atoms with E-state index in [1.807, 2.05) is 32.0 Å². The van der Waals surface area contributed by atoms with Crippen LogP contribution >= 0.6 is 11.6 Å². The molecule has 0 aromatic heterocycles. The summed E-state index contributed by atoms with van der Waals surface area (Å²) in [5.74, 6) is -0.227. The molecule has 0 saturated carbocycles. The summed E-state index contributed by atoms with van der Waals surface area (Å²) >= 11 is 6.23. The number of hydrogen-bond acceptors (Lipinski definition) is 4. The van der Waals surface area contributed by atoms with Crippen molar-refractivity contribution in [2.24, 2.45) is 0 Å². The third-order valence-corrected chi connectivity index (χ3v) is 8.54. The van der Waals surface area contributed by atoms with E-state index in [0.717, 1.165) is 36.3 Å². The minimum Gasteiger partial charge on any atom is -0.339 e. The molecule has 8 heteroatoms. The molecule has 1 saturated heterocycles. The number of piperazine rings is 1. The molecule has 1 heterocycles. The van der Waals surface area contributed by atoms with E-state index in [4.69, 9.17) is 11.6 Å². The van der Waals surface area contributed by atoms with Crippen LogP contribution < -0.4 is 4.31 Å². The van der Waals surface area contributed by atoms with Gasteiger partial charge in [0, 0.05) is 37.7 Å². The fraction of sp³-hybridized carbons (Fsp3) is 0.276. The fourth-order valence-electron chi connectivity index (χ4n) is 4.29. The molecule has 1 aliphatic rings. The second-order valence-corrected chi connectivity index (χ2v) is 11.5. The van der Waals surface area contributed by atoms with Gasteiger partial charge in [-0.2, -0.15) is 0 Å². The van der Waals surface area contributed by atoms with Gasteiger partial charge in [0.05, 0.1) is 10.6 Å². The molecule has 0 unspecified atom stereocenters.